The van der Waals surface area contributed by atoms with Crippen molar-refractivity contribution in [2.45, 2.75) is 18.2 Å². The van der Waals surface area contributed by atoms with Gasteiger partial charge in [0.15, 0.2) is 0 Å². The molecule has 0 aromatic heterocycles. The molecule has 3 N–H and O–H groups in total. The van der Waals surface area contributed by atoms with Gasteiger partial charge in [0.1, 0.15) is 0 Å². The lowest BCUT2D eigenvalue weighted by molar-refractivity contribution is -0.115. The van der Waals surface area contributed by atoms with Gasteiger partial charge in [-0.05, 0) is 48.9 Å². The molecule has 0 spiro atoms. The highest BCUT2D eigenvalue weighted by Crippen LogP contribution is 2.23. The molecular weight excluding hydrogens is 304 g/mol. The second-order valence-electron chi connectivity index (χ2n) is 4.68. The fourth-order valence-electron chi connectivity index (χ4n) is 1.79. The van der Waals surface area contributed by atoms with Crippen molar-refractivity contribution < 1.29 is 4.79 Å². The van der Waals surface area contributed by atoms with E-state index in [0.717, 1.165) is 27.6 Å². The van der Waals surface area contributed by atoms with Crippen LogP contribution in [0.4, 0.5) is 11.4 Å². The van der Waals surface area contributed by atoms with Crippen LogP contribution in [0, 0.1) is 6.92 Å². The molecule has 2 aromatic rings. The van der Waals surface area contributed by atoms with Crippen molar-refractivity contribution in [2.75, 3.05) is 16.8 Å². The average Bonchev–Trinajstić information content (AvgIpc) is 2.43. The molecule has 0 aliphatic rings. The molecular formula is C16H17ClN2OS. The zero-order valence-electron chi connectivity index (χ0n) is 11.7. The monoisotopic (exact) mass is 320 g/mol. The molecule has 1 amide bonds. The first kappa shape index (κ1) is 15.7. The van der Waals surface area contributed by atoms with Crippen molar-refractivity contribution in [3.05, 3.63) is 53.1 Å². The Kier molecular flexibility index (Phi) is 5.53. The number of hydrogen-bond donors (Lipinski definition) is 2. The number of nitrogens with one attached hydrogen (secondary N) is 1. The van der Waals surface area contributed by atoms with Gasteiger partial charge >= 0.3 is 0 Å². The highest BCUT2D eigenvalue weighted by Gasteiger charge is 2.04. The van der Waals surface area contributed by atoms with Gasteiger partial charge < -0.3 is 11.1 Å². The molecule has 0 radical (unpaired) electrons. The van der Waals surface area contributed by atoms with E-state index in [1.54, 1.807) is 23.9 Å². The Labute approximate surface area is 133 Å². The lowest BCUT2D eigenvalue weighted by Crippen LogP contribution is -2.12. The molecule has 21 heavy (non-hydrogen) atoms. The molecule has 0 heterocycles. The van der Waals surface area contributed by atoms with Gasteiger partial charge in [-0.15, -0.1) is 11.8 Å². The summed E-state index contributed by atoms with van der Waals surface area (Å²) in [6.45, 7) is 1.98. The Bertz CT molecular complexity index is 646. The van der Waals surface area contributed by atoms with Crippen LogP contribution < -0.4 is 11.1 Å². The Morgan fingerprint density at radius 3 is 2.81 bits per heavy atom. The number of nitrogens with two attached hydrogens (primary N) is 1. The molecule has 3 nitrogen and oxygen atoms in total. The number of carbonyl (C=O) groups is 1. The summed E-state index contributed by atoms with van der Waals surface area (Å²) in [5.41, 5.74) is 8.35. The maximum absolute atomic E-state index is 11.8. The van der Waals surface area contributed by atoms with Gasteiger partial charge in [-0.1, -0.05) is 17.7 Å². The van der Waals surface area contributed by atoms with Crippen LogP contribution in [0.2, 0.25) is 5.02 Å². The van der Waals surface area contributed by atoms with Gasteiger partial charge in [0.25, 0.3) is 0 Å². The zero-order valence-corrected chi connectivity index (χ0v) is 13.3. The van der Waals surface area contributed by atoms with Crippen LogP contribution >= 0.6 is 23.4 Å². The molecule has 0 bridgehead atoms. The van der Waals surface area contributed by atoms with Crippen LogP contribution in [0.25, 0.3) is 0 Å². The fraction of sp³-hybridized carbons (Fsp3) is 0.188. The topological polar surface area (TPSA) is 55.1 Å². The van der Waals surface area contributed by atoms with Crippen LogP contribution in [0.15, 0.2) is 47.4 Å². The van der Waals surface area contributed by atoms with E-state index in [9.17, 15) is 4.79 Å². The van der Waals surface area contributed by atoms with Crippen molar-refractivity contribution in [1.29, 1.82) is 0 Å². The largest absolute Gasteiger partial charge is 0.399 e. The minimum Gasteiger partial charge on any atom is -0.399 e. The van der Waals surface area contributed by atoms with Crippen LogP contribution in [0.3, 0.4) is 0 Å². The molecule has 0 saturated carbocycles. The summed E-state index contributed by atoms with van der Waals surface area (Å²) in [6.07, 6.45) is 0.445. The lowest BCUT2D eigenvalue weighted by atomic mass is 10.2. The third-order valence-corrected chi connectivity index (χ3v) is 4.18. The first-order valence-electron chi connectivity index (χ1n) is 6.59. The first-order chi connectivity index (χ1) is 10.0. The van der Waals surface area contributed by atoms with Crippen LogP contribution in [0.1, 0.15) is 12.0 Å². The zero-order chi connectivity index (χ0) is 15.2. The summed E-state index contributed by atoms with van der Waals surface area (Å²) in [6, 6.07) is 13.0. The minimum absolute atomic E-state index is 0.0167. The number of anilines is 2. The highest BCUT2D eigenvalue weighted by atomic mass is 35.5. The number of thioether (sulfide) groups is 1. The number of halogens is 1. The molecule has 0 unspecified atom stereocenters. The van der Waals surface area contributed by atoms with Crippen LogP contribution in [-0.2, 0) is 4.79 Å². The number of amides is 1. The van der Waals surface area contributed by atoms with E-state index in [2.05, 4.69) is 5.32 Å². The number of hydrogen-bond acceptors (Lipinski definition) is 3. The van der Waals surface area contributed by atoms with Crippen molar-refractivity contribution >= 4 is 40.6 Å². The number of aryl methyl sites for hydroxylation is 1. The second-order valence-corrected chi connectivity index (χ2v) is 6.28. The lowest BCUT2D eigenvalue weighted by Gasteiger charge is -2.07. The van der Waals surface area contributed by atoms with Gasteiger partial charge in [-0.3, -0.25) is 4.79 Å². The molecule has 0 aliphatic carbocycles. The van der Waals surface area contributed by atoms with E-state index in [1.807, 2.05) is 37.3 Å². The Morgan fingerprint density at radius 2 is 2.10 bits per heavy atom. The average molecular weight is 321 g/mol. The summed E-state index contributed by atoms with van der Waals surface area (Å²) in [5, 5.41) is 3.44. The maximum Gasteiger partial charge on any atom is 0.225 e. The highest BCUT2D eigenvalue weighted by molar-refractivity contribution is 7.99. The first-order valence-corrected chi connectivity index (χ1v) is 7.95. The summed E-state index contributed by atoms with van der Waals surface area (Å²) in [4.78, 5) is 13.0. The van der Waals surface area contributed by atoms with Gasteiger partial charge in [-0.2, -0.15) is 0 Å². The Morgan fingerprint density at radius 1 is 1.29 bits per heavy atom. The Balaban J connectivity index is 1.80. The van der Waals surface area contributed by atoms with Crippen molar-refractivity contribution in [1.82, 2.24) is 0 Å². The summed E-state index contributed by atoms with van der Waals surface area (Å²) in [7, 11) is 0. The van der Waals surface area contributed by atoms with E-state index in [0.29, 0.717) is 11.4 Å². The molecule has 0 fully saturated rings. The van der Waals surface area contributed by atoms with Crippen molar-refractivity contribution in [2.24, 2.45) is 0 Å². The van der Waals surface area contributed by atoms with E-state index >= 15 is 0 Å². The quantitative estimate of drug-likeness (QED) is 0.636. The minimum atomic E-state index is -0.0167. The SMILES string of the molecule is Cc1cc(SCCC(=O)Nc2cccc(Cl)c2)ccc1N. The normalized spacial score (nSPS) is 10.4. The number of nitrogen functional groups attached to an aromatic ring is 1. The Hall–Kier alpha value is -1.65. The summed E-state index contributed by atoms with van der Waals surface area (Å²) >= 11 is 7.52. The molecule has 0 aliphatic heterocycles. The summed E-state index contributed by atoms with van der Waals surface area (Å²) < 4.78 is 0. The molecule has 2 rings (SSSR count). The standard InChI is InChI=1S/C16H17ClN2OS/c1-11-9-14(5-6-15(11)18)21-8-7-16(20)19-13-4-2-3-12(17)10-13/h2-6,9-10H,7-8,18H2,1H3,(H,19,20). The predicted octanol–water partition coefficient (Wildman–Crippen LogP) is 4.35. The predicted molar refractivity (Wildman–Crippen MR) is 91.0 cm³/mol. The molecule has 0 saturated heterocycles. The van der Waals surface area contributed by atoms with Gasteiger partial charge in [-0.25, -0.2) is 0 Å². The molecule has 5 heteroatoms. The molecule has 0 atom stereocenters. The third-order valence-electron chi connectivity index (χ3n) is 2.95. The van der Waals surface area contributed by atoms with Crippen LogP contribution in [0.5, 0.6) is 0 Å². The van der Waals surface area contributed by atoms with E-state index in [4.69, 9.17) is 17.3 Å². The molecule has 2 aromatic carbocycles. The molecule has 110 valence electrons. The van der Waals surface area contributed by atoms with Gasteiger partial charge in [0.05, 0.1) is 0 Å². The number of benzene rings is 2. The maximum atomic E-state index is 11.8. The smallest absolute Gasteiger partial charge is 0.225 e. The van der Waals surface area contributed by atoms with E-state index in [-0.39, 0.29) is 5.91 Å². The van der Waals surface area contributed by atoms with Crippen LogP contribution in [-0.4, -0.2) is 11.7 Å². The van der Waals surface area contributed by atoms with Crippen molar-refractivity contribution in [3.8, 4) is 0 Å². The van der Waals surface area contributed by atoms with E-state index < -0.39 is 0 Å². The van der Waals surface area contributed by atoms with Crippen molar-refractivity contribution in [3.63, 3.8) is 0 Å². The third kappa shape index (κ3) is 4.99. The summed E-state index contributed by atoms with van der Waals surface area (Å²) in [5.74, 6) is 0.701. The fourth-order valence-corrected chi connectivity index (χ4v) is 2.93. The number of carbonyl (C=O) groups excluding carboxylic acids is 1. The van der Waals surface area contributed by atoms with Gasteiger partial charge in [0.2, 0.25) is 5.91 Å². The van der Waals surface area contributed by atoms with Gasteiger partial charge in [0, 0.05) is 33.5 Å². The number of rotatable bonds is 5. The second kappa shape index (κ2) is 7.38. The van der Waals surface area contributed by atoms with E-state index in [1.165, 1.54) is 0 Å².